The third kappa shape index (κ3) is 3.82. The molecule has 0 aliphatic rings. The zero-order valence-corrected chi connectivity index (χ0v) is 8.35. The van der Waals surface area contributed by atoms with Crippen LogP contribution < -0.4 is 9.47 Å². The number of ether oxygens (including phenoxy) is 3. The average molecular weight is 232 g/mol. The van der Waals surface area contributed by atoms with Crippen LogP contribution in [-0.4, -0.2) is 23.7 Å². The third-order valence-electron chi connectivity index (χ3n) is 1.26. The normalized spacial score (nSPS) is 9.20. The molecule has 0 spiro atoms. The van der Waals surface area contributed by atoms with Crippen molar-refractivity contribution < 1.29 is 23.8 Å². The topological polar surface area (TPSA) is 74.7 Å². The minimum atomic E-state index is -0.974. The van der Waals surface area contributed by atoms with Gasteiger partial charge in [-0.25, -0.2) is 14.6 Å². The Balaban J connectivity index is 2.64. The molecule has 0 radical (unpaired) electrons. The molecule has 0 bridgehead atoms. The summed E-state index contributed by atoms with van der Waals surface area (Å²) in [6.45, 7) is 0. The Kier molecular flexibility index (Phi) is 3.87. The number of rotatable bonds is 2. The minimum absolute atomic E-state index is 0.0243. The van der Waals surface area contributed by atoms with E-state index in [9.17, 15) is 9.59 Å². The van der Waals surface area contributed by atoms with Crippen LogP contribution in [0.5, 0.6) is 11.6 Å². The maximum atomic E-state index is 10.7. The van der Waals surface area contributed by atoms with Crippen LogP contribution in [-0.2, 0) is 4.74 Å². The molecule has 0 saturated heterocycles. The Morgan fingerprint density at radius 3 is 2.53 bits per heavy atom. The van der Waals surface area contributed by atoms with Gasteiger partial charge in [0.15, 0.2) is 5.75 Å². The summed E-state index contributed by atoms with van der Waals surface area (Å²) in [5.74, 6) is 0.170. The van der Waals surface area contributed by atoms with Gasteiger partial charge in [-0.3, -0.25) is 0 Å². The summed E-state index contributed by atoms with van der Waals surface area (Å²) in [4.78, 5) is 24.6. The van der Waals surface area contributed by atoms with Crippen molar-refractivity contribution in [3.63, 3.8) is 0 Å². The molecule has 1 aromatic rings. The molecule has 0 unspecified atom stereocenters. The van der Waals surface area contributed by atoms with Crippen molar-refractivity contribution in [2.45, 2.75) is 0 Å². The van der Waals surface area contributed by atoms with Gasteiger partial charge in [-0.1, -0.05) is 0 Å². The van der Waals surface area contributed by atoms with E-state index in [4.69, 9.17) is 11.6 Å². The quantitative estimate of drug-likeness (QED) is 0.572. The molecule has 0 fully saturated rings. The Labute approximate surface area is 89.7 Å². The summed E-state index contributed by atoms with van der Waals surface area (Å²) in [5, 5.41) is 0. The van der Waals surface area contributed by atoms with Crippen molar-refractivity contribution in [3.05, 3.63) is 18.3 Å². The lowest BCUT2D eigenvalue weighted by molar-refractivity contribution is 0.119. The van der Waals surface area contributed by atoms with Crippen LogP contribution >= 0.6 is 11.6 Å². The number of carbonyl (C=O) groups excluding carboxylic acids is 2. The molecule has 1 aromatic heterocycles. The predicted molar refractivity (Wildman–Crippen MR) is 49.1 cm³/mol. The summed E-state index contributed by atoms with van der Waals surface area (Å²) in [6.07, 6.45) is 0.294. The molecule has 0 N–H and O–H groups in total. The minimum Gasteiger partial charge on any atom is -0.437 e. The lowest BCUT2D eigenvalue weighted by Crippen LogP contribution is -2.08. The van der Waals surface area contributed by atoms with E-state index < -0.39 is 11.6 Å². The van der Waals surface area contributed by atoms with E-state index in [0.29, 0.717) is 0 Å². The average Bonchev–Trinajstić information content (AvgIpc) is 2.20. The summed E-state index contributed by atoms with van der Waals surface area (Å²) < 4.78 is 13.3. The highest BCUT2D eigenvalue weighted by atomic mass is 35.5. The maximum absolute atomic E-state index is 10.7. The second-order valence-electron chi connectivity index (χ2n) is 2.23. The lowest BCUT2D eigenvalue weighted by Gasteiger charge is -2.02. The van der Waals surface area contributed by atoms with Gasteiger partial charge in [-0.2, -0.15) is 0 Å². The van der Waals surface area contributed by atoms with E-state index in [1.807, 2.05) is 0 Å². The SMILES string of the molecule is COC(=O)Oc1ccc(OC(=O)Cl)cn1. The first-order valence-electron chi connectivity index (χ1n) is 3.71. The second kappa shape index (κ2) is 5.16. The Hall–Kier alpha value is -1.82. The van der Waals surface area contributed by atoms with Crippen LogP contribution in [0.25, 0.3) is 0 Å². The van der Waals surface area contributed by atoms with Gasteiger partial charge in [0.1, 0.15) is 0 Å². The fraction of sp³-hybridized carbons (Fsp3) is 0.125. The Morgan fingerprint density at radius 1 is 1.33 bits per heavy atom. The summed E-state index contributed by atoms with van der Waals surface area (Å²) in [5.41, 5.74) is -0.974. The van der Waals surface area contributed by atoms with Crippen molar-refractivity contribution in [1.29, 1.82) is 0 Å². The number of hydrogen-bond acceptors (Lipinski definition) is 6. The van der Waals surface area contributed by atoms with E-state index >= 15 is 0 Å². The van der Waals surface area contributed by atoms with Gasteiger partial charge in [0.25, 0.3) is 0 Å². The number of pyridine rings is 1. The van der Waals surface area contributed by atoms with Gasteiger partial charge < -0.3 is 14.2 Å². The maximum Gasteiger partial charge on any atom is 0.514 e. The number of halogens is 1. The molecule has 1 rings (SSSR count). The fourth-order valence-electron chi connectivity index (χ4n) is 0.707. The molecule has 0 saturated carbocycles. The number of nitrogens with zero attached hydrogens (tertiary/aromatic N) is 1. The number of hydrogen-bond donors (Lipinski definition) is 0. The van der Waals surface area contributed by atoms with Gasteiger partial charge in [-0.05, 0) is 6.07 Å². The molecule has 7 heteroatoms. The Bertz CT molecular complexity index is 364. The van der Waals surface area contributed by atoms with Crippen molar-refractivity contribution in [1.82, 2.24) is 4.98 Å². The summed E-state index contributed by atoms with van der Waals surface area (Å²) in [6, 6.07) is 2.69. The molecular weight excluding hydrogens is 226 g/mol. The molecule has 15 heavy (non-hydrogen) atoms. The first-order chi connectivity index (χ1) is 7.11. The second-order valence-corrected chi connectivity index (χ2v) is 2.54. The van der Waals surface area contributed by atoms with E-state index in [1.165, 1.54) is 25.4 Å². The molecule has 80 valence electrons. The standard InChI is InChI=1S/C8H6ClNO5/c1-13-8(12)15-6-3-2-5(4-10-6)14-7(9)11/h2-4H,1H3. The van der Waals surface area contributed by atoms with E-state index in [1.54, 1.807) is 0 Å². The smallest absolute Gasteiger partial charge is 0.437 e. The largest absolute Gasteiger partial charge is 0.514 e. The van der Waals surface area contributed by atoms with Crippen LogP contribution in [0, 0.1) is 0 Å². The summed E-state index contributed by atoms with van der Waals surface area (Å²) in [7, 11) is 1.17. The van der Waals surface area contributed by atoms with Crippen LogP contribution in [0.1, 0.15) is 0 Å². The number of aromatic nitrogens is 1. The van der Waals surface area contributed by atoms with Crippen molar-refractivity contribution in [3.8, 4) is 11.6 Å². The fourth-order valence-corrected chi connectivity index (χ4v) is 0.796. The molecule has 6 nitrogen and oxygen atoms in total. The molecule has 1 heterocycles. The van der Waals surface area contributed by atoms with Crippen molar-refractivity contribution in [2.24, 2.45) is 0 Å². The highest BCUT2D eigenvalue weighted by molar-refractivity contribution is 6.61. The van der Waals surface area contributed by atoms with E-state index in [0.717, 1.165) is 0 Å². The number of carbonyl (C=O) groups is 2. The van der Waals surface area contributed by atoms with Crippen LogP contribution in [0.2, 0.25) is 0 Å². The van der Waals surface area contributed by atoms with Crippen molar-refractivity contribution in [2.75, 3.05) is 7.11 Å². The molecule has 0 aliphatic heterocycles. The molecule has 0 aromatic carbocycles. The zero-order valence-electron chi connectivity index (χ0n) is 7.60. The first kappa shape index (κ1) is 11.3. The van der Waals surface area contributed by atoms with Gasteiger partial charge in [0, 0.05) is 17.7 Å². The zero-order chi connectivity index (χ0) is 11.3. The predicted octanol–water partition coefficient (Wildman–Crippen LogP) is 1.96. The Morgan fingerprint density at radius 2 is 2.07 bits per heavy atom. The third-order valence-corrected chi connectivity index (χ3v) is 1.34. The van der Waals surface area contributed by atoms with Crippen LogP contribution in [0.3, 0.4) is 0 Å². The first-order valence-corrected chi connectivity index (χ1v) is 4.09. The highest BCUT2D eigenvalue weighted by Gasteiger charge is 2.05. The van der Waals surface area contributed by atoms with Crippen molar-refractivity contribution >= 4 is 23.2 Å². The molecule has 0 aliphatic carbocycles. The molecule has 0 atom stereocenters. The van der Waals surface area contributed by atoms with Gasteiger partial charge >= 0.3 is 11.6 Å². The van der Waals surface area contributed by atoms with E-state index in [-0.39, 0.29) is 11.6 Å². The summed E-state index contributed by atoms with van der Waals surface area (Å²) >= 11 is 4.96. The number of methoxy groups -OCH3 is 1. The van der Waals surface area contributed by atoms with Gasteiger partial charge in [0.2, 0.25) is 5.88 Å². The van der Waals surface area contributed by atoms with Gasteiger partial charge in [-0.15, -0.1) is 0 Å². The monoisotopic (exact) mass is 231 g/mol. The molecule has 0 amide bonds. The van der Waals surface area contributed by atoms with E-state index in [2.05, 4.69) is 19.2 Å². The van der Waals surface area contributed by atoms with Crippen LogP contribution in [0.4, 0.5) is 9.59 Å². The van der Waals surface area contributed by atoms with Gasteiger partial charge in [0.05, 0.1) is 13.3 Å². The lowest BCUT2D eigenvalue weighted by atomic mass is 10.4. The molecular formula is C8H6ClNO5. The highest BCUT2D eigenvalue weighted by Crippen LogP contribution is 2.14. The van der Waals surface area contributed by atoms with Crippen LogP contribution in [0.15, 0.2) is 18.3 Å².